The summed E-state index contributed by atoms with van der Waals surface area (Å²) in [6.45, 7) is 2.06. The Morgan fingerprint density at radius 1 is 1.45 bits per heavy atom. The van der Waals surface area contributed by atoms with E-state index in [-0.39, 0.29) is 12.1 Å². The number of rotatable bonds is 2. The summed E-state index contributed by atoms with van der Waals surface area (Å²) in [6.07, 6.45) is 4.77. The predicted octanol–water partition coefficient (Wildman–Crippen LogP) is 2.54. The Morgan fingerprint density at radius 2 is 2.25 bits per heavy atom. The fraction of sp³-hybridized carbons (Fsp3) is 0.500. The molecule has 0 bridgehead atoms. The number of carboxylic acid groups (broad SMARTS) is 1. The average Bonchev–Trinajstić information content (AvgIpc) is 2.44. The van der Waals surface area contributed by atoms with Gasteiger partial charge in [-0.05, 0) is 25.3 Å². The number of carbonyl (C=O) groups is 1. The maximum absolute atomic E-state index is 10.8. The number of hydrogen-bond acceptors (Lipinski definition) is 2. The summed E-state index contributed by atoms with van der Waals surface area (Å²) in [5.41, 5.74) is 2.39. The third-order valence-electron chi connectivity index (χ3n) is 4.58. The number of nitrogens with zero attached hydrogens (tertiary/aromatic N) is 1. The molecule has 1 heterocycles. The van der Waals surface area contributed by atoms with E-state index in [1.165, 1.54) is 24.8 Å². The van der Waals surface area contributed by atoms with Crippen molar-refractivity contribution < 1.29 is 9.90 Å². The quantitative estimate of drug-likeness (QED) is 0.869. The summed E-state index contributed by atoms with van der Waals surface area (Å²) >= 11 is 0. The first-order valence-electron chi connectivity index (χ1n) is 7.24. The van der Waals surface area contributed by atoms with Gasteiger partial charge in [-0.25, -0.2) is 0 Å². The van der Waals surface area contributed by atoms with Crippen molar-refractivity contribution in [3.05, 3.63) is 35.4 Å². The fourth-order valence-corrected chi connectivity index (χ4v) is 3.61. The molecule has 1 aliphatic heterocycles. The zero-order valence-electron chi connectivity index (χ0n) is 11.7. The second kappa shape index (κ2) is 4.93. The van der Waals surface area contributed by atoms with Gasteiger partial charge in [0, 0.05) is 17.0 Å². The van der Waals surface area contributed by atoms with Gasteiger partial charge in [-0.3, -0.25) is 9.79 Å². The van der Waals surface area contributed by atoms with Gasteiger partial charge < -0.3 is 10.4 Å². The van der Waals surface area contributed by atoms with Gasteiger partial charge in [-0.2, -0.15) is 0 Å². The first-order valence-corrected chi connectivity index (χ1v) is 7.24. The van der Waals surface area contributed by atoms with Gasteiger partial charge in [0.2, 0.25) is 0 Å². The molecule has 2 atom stereocenters. The molecule has 1 aromatic rings. The molecular weight excluding hydrogens is 252 g/mol. The van der Waals surface area contributed by atoms with Crippen LogP contribution in [0.5, 0.6) is 0 Å². The van der Waals surface area contributed by atoms with Crippen molar-refractivity contribution in [2.24, 2.45) is 4.99 Å². The van der Waals surface area contributed by atoms with E-state index in [9.17, 15) is 4.79 Å². The van der Waals surface area contributed by atoms with Crippen molar-refractivity contribution in [3.63, 3.8) is 0 Å². The average molecular weight is 272 g/mol. The molecule has 0 radical (unpaired) electrons. The number of hydrogen-bond donors (Lipinski definition) is 2. The molecule has 0 aromatic heterocycles. The highest BCUT2D eigenvalue weighted by Crippen LogP contribution is 2.44. The standard InChI is InChI=1S/C16H20N2O2/c1-16-9-5-4-8-13(16)11-6-2-3-7-12(11)15(18-16)17-10-14(19)20/h2-3,6-7,13H,4-5,8-10H2,1H3,(H,17,18)(H,19,20)/t13-,16-/m0/s1. The van der Waals surface area contributed by atoms with Crippen LogP contribution in [-0.4, -0.2) is 29.0 Å². The Kier molecular flexibility index (Phi) is 3.24. The molecular formula is C16H20N2O2. The minimum absolute atomic E-state index is 0.00391. The number of fused-ring (bicyclic) bond motifs is 3. The van der Waals surface area contributed by atoms with Crippen molar-refractivity contribution in [1.29, 1.82) is 0 Å². The summed E-state index contributed by atoms with van der Waals surface area (Å²) in [7, 11) is 0. The molecule has 20 heavy (non-hydrogen) atoms. The number of aliphatic carboxylic acids is 1. The van der Waals surface area contributed by atoms with Crippen LogP contribution in [0, 0.1) is 0 Å². The van der Waals surface area contributed by atoms with Crippen molar-refractivity contribution >= 4 is 11.8 Å². The van der Waals surface area contributed by atoms with Crippen molar-refractivity contribution in [3.8, 4) is 0 Å². The molecule has 3 rings (SSSR count). The van der Waals surface area contributed by atoms with E-state index < -0.39 is 5.97 Å². The normalized spacial score (nSPS) is 30.2. The van der Waals surface area contributed by atoms with Crippen LogP contribution in [0.2, 0.25) is 0 Å². The van der Waals surface area contributed by atoms with Crippen LogP contribution < -0.4 is 5.32 Å². The Bertz CT molecular complexity index is 567. The van der Waals surface area contributed by atoms with Crippen LogP contribution in [0.25, 0.3) is 0 Å². The third-order valence-corrected chi connectivity index (χ3v) is 4.58. The summed E-state index contributed by atoms with van der Waals surface area (Å²) in [5, 5.41) is 12.4. The number of nitrogens with one attached hydrogen (secondary N) is 1. The Balaban J connectivity index is 2.05. The lowest BCUT2D eigenvalue weighted by molar-refractivity contribution is -0.135. The van der Waals surface area contributed by atoms with Gasteiger partial charge in [-0.15, -0.1) is 0 Å². The first kappa shape index (κ1) is 13.2. The lowest BCUT2D eigenvalue weighted by Gasteiger charge is -2.47. The van der Waals surface area contributed by atoms with E-state index in [4.69, 9.17) is 5.11 Å². The summed E-state index contributed by atoms with van der Waals surface area (Å²) in [5.74, 6) is 0.340. The zero-order valence-corrected chi connectivity index (χ0v) is 11.7. The SMILES string of the molecule is C[C@]12CCCC[C@H]1c1ccccc1C(=NCC(=O)O)N2. The monoisotopic (exact) mass is 272 g/mol. The number of amidine groups is 1. The van der Waals surface area contributed by atoms with Crippen LogP contribution >= 0.6 is 0 Å². The van der Waals surface area contributed by atoms with E-state index in [0.717, 1.165) is 17.8 Å². The van der Waals surface area contributed by atoms with Gasteiger partial charge in [0.15, 0.2) is 0 Å². The summed E-state index contributed by atoms with van der Waals surface area (Å²) < 4.78 is 0. The minimum atomic E-state index is -0.896. The number of aliphatic imine (C=N–C) groups is 1. The lowest BCUT2D eigenvalue weighted by atomic mass is 9.67. The largest absolute Gasteiger partial charge is 0.480 e. The lowest BCUT2D eigenvalue weighted by Crippen LogP contribution is -2.55. The highest BCUT2D eigenvalue weighted by Gasteiger charge is 2.42. The van der Waals surface area contributed by atoms with Gasteiger partial charge >= 0.3 is 5.97 Å². The highest BCUT2D eigenvalue weighted by molar-refractivity contribution is 6.02. The topological polar surface area (TPSA) is 61.7 Å². The van der Waals surface area contributed by atoms with Crippen molar-refractivity contribution in [2.45, 2.75) is 44.1 Å². The molecule has 106 valence electrons. The van der Waals surface area contributed by atoms with Crippen LogP contribution in [-0.2, 0) is 4.79 Å². The molecule has 4 heteroatoms. The van der Waals surface area contributed by atoms with Gasteiger partial charge in [-0.1, -0.05) is 37.1 Å². The van der Waals surface area contributed by atoms with Crippen molar-refractivity contribution in [1.82, 2.24) is 5.32 Å². The minimum Gasteiger partial charge on any atom is -0.480 e. The molecule has 1 aliphatic carbocycles. The molecule has 0 unspecified atom stereocenters. The maximum Gasteiger partial charge on any atom is 0.325 e. The zero-order chi connectivity index (χ0) is 14.2. The van der Waals surface area contributed by atoms with Crippen LogP contribution in [0.15, 0.2) is 29.3 Å². The maximum atomic E-state index is 10.8. The first-order chi connectivity index (χ1) is 9.60. The van der Waals surface area contributed by atoms with Gasteiger partial charge in [0.1, 0.15) is 12.4 Å². The van der Waals surface area contributed by atoms with E-state index in [0.29, 0.717) is 5.92 Å². The smallest absolute Gasteiger partial charge is 0.325 e. The summed E-state index contributed by atoms with van der Waals surface area (Å²) in [6, 6.07) is 8.26. The molecule has 0 amide bonds. The Hall–Kier alpha value is -1.84. The third kappa shape index (κ3) is 2.19. The van der Waals surface area contributed by atoms with E-state index in [1.54, 1.807) is 0 Å². The Labute approximate surface area is 118 Å². The van der Waals surface area contributed by atoms with E-state index >= 15 is 0 Å². The van der Waals surface area contributed by atoms with Crippen LogP contribution in [0.1, 0.15) is 49.7 Å². The second-order valence-electron chi connectivity index (χ2n) is 5.99. The molecule has 4 nitrogen and oxygen atoms in total. The summed E-state index contributed by atoms with van der Waals surface area (Å²) in [4.78, 5) is 15.0. The van der Waals surface area contributed by atoms with Crippen LogP contribution in [0.4, 0.5) is 0 Å². The van der Waals surface area contributed by atoms with Gasteiger partial charge in [0.25, 0.3) is 0 Å². The predicted molar refractivity (Wildman–Crippen MR) is 78.2 cm³/mol. The molecule has 2 aliphatic rings. The molecule has 0 spiro atoms. The molecule has 2 N–H and O–H groups in total. The molecule has 1 aromatic carbocycles. The van der Waals surface area contributed by atoms with Crippen molar-refractivity contribution in [2.75, 3.05) is 6.54 Å². The molecule has 1 fully saturated rings. The molecule has 0 saturated heterocycles. The Morgan fingerprint density at radius 3 is 3.05 bits per heavy atom. The molecule has 1 saturated carbocycles. The van der Waals surface area contributed by atoms with Crippen LogP contribution in [0.3, 0.4) is 0 Å². The highest BCUT2D eigenvalue weighted by atomic mass is 16.4. The van der Waals surface area contributed by atoms with E-state index in [2.05, 4.69) is 29.4 Å². The number of benzene rings is 1. The number of carboxylic acids is 1. The second-order valence-corrected chi connectivity index (χ2v) is 5.99. The van der Waals surface area contributed by atoms with Gasteiger partial charge in [0.05, 0.1) is 0 Å². The fourth-order valence-electron chi connectivity index (χ4n) is 3.61. The van der Waals surface area contributed by atoms with E-state index in [1.807, 2.05) is 12.1 Å².